The number of nitrogens with zero attached hydrogens (tertiary/aromatic N) is 3. The summed E-state index contributed by atoms with van der Waals surface area (Å²) in [5.41, 5.74) is 0.771. The number of rotatable bonds is 6. The second kappa shape index (κ2) is 5.92. The van der Waals surface area contributed by atoms with Crippen LogP contribution in [-0.2, 0) is 24.8 Å². The summed E-state index contributed by atoms with van der Waals surface area (Å²) in [5, 5.41) is 14.3. The van der Waals surface area contributed by atoms with Crippen LogP contribution in [0.3, 0.4) is 0 Å². The van der Waals surface area contributed by atoms with Crippen molar-refractivity contribution in [3.8, 4) is 0 Å². The maximum absolute atomic E-state index is 11.3. The molecule has 0 saturated heterocycles. The molecule has 0 aliphatic heterocycles. The van der Waals surface area contributed by atoms with E-state index in [1.807, 2.05) is 25.8 Å². The molecule has 0 unspecified atom stereocenters. The van der Waals surface area contributed by atoms with Crippen molar-refractivity contribution >= 4 is 17.6 Å². The van der Waals surface area contributed by atoms with Crippen LogP contribution in [-0.4, -0.2) is 37.8 Å². The molecular weight excluding hydrogens is 266 g/mol. The quantitative estimate of drug-likeness (QED) is 0.872. The Balaban J connectivity index is 3.06. The molecule has 1 aromatic heterocycles. The lowest BCUT2D eigenvalue weighted by Gasteiger charge is -2.34. The maximum atomic E-state index is 11.3. The number of carbonyl (C=O) groups is 1. The minimum Gasteiger partial charge on any atom is -0.480 e. The van der Waals surface area contributed by atoms with Gasteiger partial charge in [0.05, 0.1) is 16.4 Å². The Morgan fingerprint density at radius 2 is 2.05 bits per heavy atom. The van der Waals surface area contributed by atoms with Gasteiger partial charge < -0.3 is 5.11 Å². The summed E-state index contributed by atoms with van der Waals surface area (Å²) in [7, 11) is 1.84. The molecule has 0 fully saturated rings. The Kier molecular flexibility index (Phi) is 4.98. The minimum atomic E-state index is -0.936. The summed E-state index contributed by atoms with van der Waals surface area (Å²) < 4.78 is 1.74. The molecule has 1 heterocycles. The molecule has 0 atom stereocenters. The van der Waals surface area contributed by atoms with E-state index in [1.54, 1.807) is 18.5 Å². The Morgan fingerprint density at radius 3 is 2.42 bits per heavy atom. The van der Waals surface area contributed by atoms with Gasteiger partial charge >= 0.3 is 5.97 Å². The van der Waals surface area contributed by atoms with Crippen molar-refractivity contribution in [1.82, 2.24) is 14.7 Å². The van der Waals surface area contributed by atoms with E-state index in [4.69, 9.17) is 11.6 Å². The van der Waals surface area contributed by atoms with Gasteiger partial charge in [0.2, 0.25) is 0 Å². The third kappa shape index (κ3) is 3.09. The molecule has 6 heteroatoms. The molecule has 5 nitrogen and oxygen atoms in total. The number of hydrogen-bond acceptors (Lipinski definition) is 3. The fourth-order valence-corrected chi connectivity index (χ4v) is 2.37. The van der Waals surface area contributed by atoms with Crippen molar-refractivity contribution in [2.75, 3.05) is 6.54 Å². The van der Waals surface area contributed by atoms with Gasteiger partial charge in [-0.2, -0.15) is 5.10 Å². The van der Waals surface area contributed by atoms with Crippen LogP contribution in [0.2, 0.25) is 5.02 Å². The van der Waals surface area contributed by atoms with Gasteiger partial charge in [0.1, 0.15) is 5.54 Å². The van der Waals surface area contributed by atoms with Crippen LogP contribution in [0.15, 0.2) is 0 Å². The average molecular weight is 288 g/mol. The fourth-order valence-electron chi connectivity index (χ4n) is 2.01. The number of carboxylic acids is 1. The van der Waals surface area contributed by atoms with Crippen molar-refractivity contribution in [2.45, 2.75) is 46.2 Å². The highest BCUT2D eigenvalue weighted by Crippen LogP contribution is 2.25. The van der Waals surface area contributed by atoms with Gasteiger partial charge in [-0.1, -0.05) is 25.4 Å². The number of aryl methyl sites for hydroxylation is 2. The molecule has 0 spiro atoms. The third-order valence-corrected chi connectivity index (χ3v) is 3.98. The van der Waals surface area contributed by atoms with Crippen LogP contribution < -0.4 is 0 Å². The summed E-state index contributed by atoms with van der Waals surface area (Å²) in [6.07, 6.45) is 0.765. The molecule has 1 aromatic rings. The molecule has 1 rings (SSSR count). The van der Waals surface area contributed by atoms with Crippen LogP contribution in [0.25, 0.3) is 0 Å². The molecule has 108 valence electrons. The molecule has 0 amide bonds. The van der Waals surface area contributed by atoms with Crippen LogP contribution in [0.4, 0.5) is 0 Å². The van der Waals surface area contributed by atoms with Gasteiger partial charge in [0.15, 0.2) is 0 Å². The van der Waals surface area contributed by atoms with E-state index in [0.717, 1.165) is 17.8 Å². The summed E-state index contributed by atoms with van der Waals surface area (Å²) in [6, 6.07) is 0. The van der Waals surface area contributed by atoms with Gasteiger partial charge in [-0.15, -0.1) is 0 Å². The Bertz CT molecular complexity index is 469. The predicted molar refractivity (Wildman–Crippen MR) is 75.4 cm³/mol. The van der Waals surface area contributed by atoms with E-state index in [-0.39, 0.29) is 0 Å². The largest absolute Gasteiger partial charge is 0.480 e. The second-order valence-electron chi connectivity index (χ2n) is 5.06. The molecule has 0 saturated carbocycles. The Hall–Kier alpha value is -1.07. The molecule has 1 N–H and O–H groups in total. The standard InChI is InChI=1S/C13H22ClN3O2/c1-6-9-11(14)10(16(5)15-9)8-17(7-2)13(3,4)12(18)19/h6-8H2,1-5H3,(H,18,19). The molecular formula is C13H22ClN3O2. The molecule has 0 aliphatic rings. The first-order valence-electron chi connectivity index (χ1n) is 6.44. The Morgan fingerprint density at radius 1 is 1.47 bits per heavy atom. The van der Waals surface area contributed by atoms with Gasteiger partial charge in [-0.05, 0) is 26.8 Å². The zero-order valence-corrected chi connectivity index (χ0v) is 13.0. The maximum Gasteiger partial charge on any atom is 0.323 e. The highest BCUT2D eigenvalue weighted by atomic mass is 35.5. The first kappa shape index (κ1) is 16.0. The lowest BCUT2D eigenvalue weighted by molar-refractivity contribution is -0.149. The average Bonchev–Trinajstić information content (AvgIpc) is 2.61. The number of aliphatic carboxylic acids is 1. The summed E-state index contributed by atoms with van der Waals surface area (Å²) in [5.74, 6) is -0.844. The van der Waals surface area contributed by atoms with Crippen LogP contribution in [0.1, 0.15) is 39.1 Å². The van der Waals surface area contributed by atoms with Gasteiger partial charge in [-0.25, -0.2) is 0 Å². The molecule has 19 heavy (non-hydrogen) atoms. The molecule has 0 aliphatic carbocycles. The number of carboxylic acid groups (broad SMARTS) is 1. The smallest absolute Gasteiger partial charge is 0.323 e. The van der Waals surface area contributed by atoms with E-state index in [0.29, 0.717) is 18.1 Å². The molecule has 0 radical (unpaired) electrons. The summed E-state index contributed by atoms with van der Waals surface area (Å²) in [6.45, 7) is 8.43. The monoisotopic (exact) mass is 287 g/mol. The zero-order valence-electron chi connectivity index (χ0n) is 12.2. The topological polar surface area (TPSA) is 58.4 Å². The first-order valence-corrected chi connectivity index (χ1v) is 6.82. The lowest BCUT2D eigenvalue weighted by atomic mass is 10.0. The minimum absolute atomic E-state index is 0.470. The van der Waals surface area contributed by atoms with Crippen LogP contribution in [0.5, 0.6) is 0 Å². The lowest BCUT2D eigenvalue weighted by Crippen LogP contribution is -2.49. The summed E-state index contributed by atoms with van der Waals surface area (Å²) >= 11 is 6.30. The summed E-state index contributed by atoms with van der Waals surface area (Å²) in [4.78, 5) is 13.2. The number of halogens is 1. The highest BCUT2D eigenvalue weighted by Gasteiger charge is 2.34. The molecule has 0 aromatic carbocycles. The van der Waals surface area contributed by atoms with Crippen molar-refractivity contribution < 1.29 is 9.90 Å². The van der Waals surface area contributed by atoms with Crippen molar-refractivity contribution in [2.24, 2.45) is 7.05 Å². The van der Waals surface area contributed by atoms with Crippen molar-refractivity contribution in [1.29, 1.82) is 0 Å². The van der Waals surface area contributed by atoms with Crippen molar-refractivity contribution in [3.05, 3.63) is 16.4 Å². The molecule has 0 bridgehead atoms. The van der Waals surface area contributed by atoms with E-state index in [9.17, 15) is 9.90 Å². The van der Waals surface area contributed by atoms with E-state index >= 15 is 0 Å². The van der Waals surface area contributed by atoms with Crippen molar-refractivity contribution in [3.63, 3.8) is 0 Å². The predicted octanol–water partition coefficient (Wildman–Crippen LogP) is 2.32. The number of likely N-dealkylation sites (N-methyl/N-ethyl adjacent to an activating group) is 1. The van der Waals surface area contributed by atoms with E-state index < -0.39 is 11.5 Å². The van der Waals surface area contributed by atoms with E-state index in [2.05, 4.69) is 5.10 Å². The fraction of sp³-hybridized carbons (Fsp3) is 0.692. The highest BCUT2D eigenvalue weighted by molar-refractivity contribution is 6.31. The first-order chi connectivity index (χ1) is 8.75. The normalized spacial score (nSPS) is 12.2. The van der Waals surface area contributed by atoms with E-state index in [1.165, 1.54) is 0 Å². The second-order valence-corrected chi connectivity index (χ2v) is 5.44. The number of aromatic nitrogens is 2. The third-order valence-electron chi connectivity index (χ3n) is 3.54. The Labute approximate surface area is 119 Å². The van der Waals surface area contributed by atoms with Gasteiger partial charge in [0.25, 0.3) is 0 Å². The van der Waals surface area contributed by atoms with Crippen LogP contribution in [0, 0.1) is 0 Å². The zero-order chi connectivity index (χ0) is 14.8. The van der Waals surface area contributed by atoms with Crippen LogP contribution >= 0.6 is 11.6 Å². The SMILES string of the molecule is CCc1nn(C)c(CN(CC)C(C)(C)C(=O)O)c1Cl. The van der Waals surface area contributed by atoms with Gasteiger partial charge in [0, 0.05) is 13.6 Å². The number of hydrogen-bond donors (Lipinski definition) is 1. The van der Waals surface area contributed by atoms with Gasteiger partial charge in [-0.3, -0.25) is 14.4 Å².